The second-order valence-corrected chi connectivity index (χ2v) is 4.94. The third kappa shape index (κ3) is 8.30. The average Bonchev–Trinajstić information content (AvgIpc) is 2.10. The van der Waals surface area contributed by atoms with Gasteiger partial charge in [-0.15, -0.1) is 0 Å². The van der Waals surface area contributed by atoms with Gasteiger partial charge in [0.2, 0.25) is 5.91 Å². The molecule has 5 heteroatoms. The van der Waals surface area contributed by atoms with Gasteiger partial charge in [-0.2, -0.15) is 11.8 Å². The van der Waals surface area contributed by atoms with Gasteiger partial charge < -0.3 is 10.4 Å². The predicted octanol–water partition coefficient (Wildman–Crippen LogP) is 1.35. The molecule has 1 amide bonds. The molecular weight excluding hydrogens is 214 g/mol. The van der Waals surface area contributed by atoms with Crippen molar-refractivity contribution < 1.29 is 14.7 Å². The van der Waals surface area contributed by atoms with Crippen LogP contribution in [0.5, 0.6) is 0 Å². The summed E-state index contributed by atoms with van der Waals surface area (Å²) in [6.07, 6.45) is 0.454. The third-order valence-corrected chi connectivity index (χ3v) is 2.94. The van der Waals surface area contributed by atoms with Crippen LogP contribution in [0.1, 0.15) is 27.2 Å². The number of nitrogens with one attached hydrogen (secondary N) is 1. The molecule has 4 nitrogen and oxygen atoms in total. The second-order valence-electron chi connectivity index (χ2n) is 3.79. The quantitative estimate of drug-likeness (QED) is 0.651. The normalized spacial score (nSPS) is 12.5. The van der Waals surface area contributed by atoms with Gasteiger partial charge in [-0.25, -0.2) is 0 Å². The highest BCUT2D eigenvalue weighted by atomic mass is 32.2. The van der Waals surface area contributed by atoms with Crippen molar-refractivity contribution >= 4 is 23.6 Å². The van der Waals surface area contributed by atoms with Crippen LogP contribution >= 0.6 is 11.8 Å². The summed E-state index contributed by atoms with van der Waals surface area (Å²) in [5, 5.41) is 11.4. The molecule has 0 radical (unpaired) electrons. The number of carbonyl (C=O) groups is 2. The van der Waals surface area contributed by atoms with Gasteiger partial charge in [0.05, 0.1) is 5.92 Å². The van der Waals surface area contributed by atoms with Crippen molar-refractivity contribution in [2.24, 2.45) is 5.92 Å². The van der Waals surface area contributed by atoms with Crippen LogP contribution in [0.4, 0.5) is 0 Å². The van der Waals surface area contributed by atoms with Crippen LogP contribution in [0.25, 0.3) is 0 Å². The Kier molecular flexibility index (Phi) is 7.21. The Morgan fingerprint density at radius 2 is 1.93 bits per heavy atom. The number of rotatable bonds is 7. The zero-order valence-electron chi connectivity index (χ0n) is 9.45. The summed E-state index contributed by atoms with van der Waals surface area (Å²) >= 11 is 1.50. The molecule has 2 N–H and O–H groups in total. The maximum atomic E-state index is 11.2. The predicted molar refractivity (Wildman–Crippen MR) is 62.0 cm³/mol. The van der Waals surface area contributed by atoms with Crippen LogP contribution < -0.4 is 5.32 Å². The number of thioether (sulfide) groups is 1. The summed E-state index contributed by atoms with van der Waals surface area (Å²) in [7, 11) is 0. The minimum atomic E-state index is -0.783. The Balaban J connectivity index is 3.46. The molecule has 0 rings (SSSR count). The third-order valence-electron chi connectivity index (χ3n) is 1.71. The summed E-state index contributed by atoms with van der Waals surface area (Å²) in [4.78, 5) is 21.7. The number of hydrogen-bond donors (Lipinski definition) is 2. The van der Waals surface area contributed by atoms with E-state index >= 15 is 0 Å². The molecule has 0 aliphatic rings. The van der Waals surface area contributed by atoms with Crippen molar-refractivity contribution in [3.05, 3.63) is 0 Å². The first kappa shape index (κ1) is 14.3. The molecule has 0 spiro atoms. The zero-order chi connectivity index (χ0) is 11.8. The molecule has 1 atom stereocenters. The fourth-order valence-corrected chi connectivity index (χ4v) is 1.88. The SMILES string of the molecule is CC(C)NC(=O)CCSCC(C)C(=O)O. The van der Waals surface area contributed by atoms with Crippen molar-refractivity contribution in [1.82, 2.24) is 5.32 Å². The van der Waals surface area contributed by atoms with Crippen LogP contribution in [-0.2, 0) is 9.59 Å². The molecule has 0 aromatic carbocycles. The van der Waals surface area contributed by atoms with E-state index in [1.807, 2.05) is 13.8 Å². The topological polar surface area (TPSA) is 66.4 Å². The van der Waals surface area contributed by atoms with Crippen LogP contribution in [0.3, 0.4) is 0 Å². The van der Waals surface area contributed by atoms with Crippen molar-refractivity contribution in [2.75, 3.05) is 11.5 Å². The van der Waals surface area contributed by atoms with Gasteiger partial charge >= 0.3 is 5.97 Å². The lowest BCUT2D eigenvalue weighted by atomic mass is 10.2. The summed E-state index contributed by atoms with van der Waals surface area (Å²) in [6.45, 7) is 5.50. The van der Waals surface area contributed by atoms with E-state index in [1.165, 1.54) is 11.8 Å². The Bertz CT molecular complexity index is 219. The average molecular weight is 233 g/mol. The number of hydrogen-bond acceptors (Lipinski definition) is 3. The van der Waals surface area contributed by atoms with E-state index in [9.17, 15) is 9.59 Å². The molecule has 88 valence electrons. The Morgan fingerprint density at radius 3 is 2.40 bits per heavy atom. The molecule has 0 aromatic heterocycles. The highest BCUT2D eigenvalue weighted by molar-refractivity contribution is 7.99. The van der Waals surface area contributed by atoms with Crippen LogP contribution in [0.15, 0.2) is 0 Å². The monoisotopic (exact) mass is 233 g/mol. The maximum absolute atomic E-state index is 11.2. The molecule has 0 aromatic rings. The molecule has 0 aliphatic heterocycles. The van der Waals surface area contributed by atoms with Gasteiger partial charge in [0.15, 0.2) is 0 Å². The van der Waals surface area contributed by atoms with E-state index < -0.39 is 5.97 Å². The molecular formula is C10H19NO3S. The lowest BCUT2D eigenvalue weighted by molar-refractivity contribution is -0.140. The lowest BCUT2D eigenvalue weighted by Gasteiger charge is -2.08. The summed E-state index contributed by atoms with van der Waals surface area (Å²) in [5.74, 6) is 0.137. The van der Waals surface area contributed by atoms with Crippen molar-refractivity contribution in [3.8, 4) is 0 Å². The highest BCUT2D eigenvalue weighted by Gasteiger charge is 2.10. The molecule has 0 fully saturated rings. The van der Waals surface area contributed by atoms with Crippen LogP contribution in [0.2, 0.25) is 0 Å². The molecule has 0 saturated carbocycles. The number of aliphatic carboxylic acids is 1. The smallest absolute Gasteiger partial charge is 0.307 e. The molecule has 15 heavy (non-hydrogen) atoms. The summed E-state index contributed by atoms with van der Waals surface area (Å²) in [6, 6.07) is 0.167. The fraction of sp³-hybridized carbons (Fsp3) is 0.800. The minimum Gasteiger partial charge on any atom is -0.481 e. The largest absolute Gasteiger partial charge is 0.481 e. The Labute approximate surface area is 94.8 Å². The molecule has 0 bridgehead atoms. The van der Waals surface area contributed by atoms with Crippen LogP contribution in [-0.4, -0.2) is 34.5 Å². The number of carboxylic acids is 1. The number of carbonyl (C=O) groups excluding carboxylic acids is 1. The highest BCUT2D eigenvalue weighted by Crippen LogP contribution is 2.09. The lowest BCUT2D eigenvalue weighted by Crippen LogP contribution is -2.30. The van der Waals surface area contributed by atoms with Crippen molar-refractivity contribution in [3.63, 3.8) is 0 Å². The van der Waals surface area contributed by atoms with E-state index in [1.54, 1.807) is 6.92 Å². The van der Waals surface area contributed by atoms with Gasteiger partial charge in [-0.1, -0.05) is 6.92 Å². The Morgan fingerprint density at radius 1 is 1.33 bits per heavy atom. The van der Waals surface area contributed by atoms with Gasteiger partial charge in [-0.3, -0.25) is 9.59 Å². The minimum absolute atomic E-state index is 0.0282. The van der Waals surface area contributed by atoms with Gasteiger partial charge in [0, 0.05) is 24.0 Å². The molecule has 1 unspecified atom stereocenters. The molecule has 0 saturated heterocycles. The van der Waals surface area contributed by atoms with Gasteiger partial charge in [0.1, 0.15) is 0 Å². The zero-order valence-corrected chi connectivity index (χ0v) is 10.3. The molecule has 0 heterocycles. The van der Waals surface area contributed by atoms with Crippen molar-refractivity contribution in [1.29, 1.82) is 0 Å². The van der Waals surface area contributed by atoms with Gasteiger partial charge in [0.25, 0.3) is 0 Å². The second kappa shape index (κ2) is 7.56. The number of carboxylic acid groups (broad SMARTS) is 1. The van der Waals surface area contributed by atoms with E-state index in [2.05, 4.69) is 5.32 Å². The summed E-state index contributed by atoms with van der Waals surface area (Å²) < 4.78 is 0. The van der Waals surface area contributed by atoms with E-state index in [4.69, 9.17) is 5.11 Å². The number of amides is 1. The van der Waals surface area contributed by atoms with E-state index in [0.717, 1.165) is 0 Å². The van der Waals surface area contributed by atoms with Crippen molar-refractivity contribution in [2.45, 2.75) is 33.2 Å². The van der Waals surface area contributed by atoms with E-state index in [-0.39, 0.29) is 17.9 Å². The molecule has 0 aliphatic carbocycles. The first-order valence-electron chi connectivity index (χ1n) is 5.03. The fourth-order valence-electron chi connectivity index (χ4n) is 0.890. The summed E-state index contributed by atoms with van der Waals surface area (Å²) in [5.41, 5.74) is 0. The van der Waals surface area contributed by atoms with E-state index in [0.29, 0.717) is 17.9 Å². The maximum Gasteiger partial charge on any atom is 0.307 e. The Hall–Kier alpha value is -0.710. The first-order chi connectivity index (χ1) is 6.93. The van der Waals surface area contributed by atoms with Crippen LogP contribution in [0, 0.1) is 5.92 Å². The van der Waals surface area contributed by atoms with Gasteiger partial charge in [-0.05, 0) is 13.8 Å². The first-order valence-corrected chi connectivity index (χ1v) is 6.19. The standard InChI is InChI=1S/C10H19NO3S/c1-7(2)11-9(12)4-5-15-6-8(3)10(13)14/h7-8H,4-6H2,1-3H3,(H,11,12)(H,13,14).